The lowest BCUT2D eigenvalue weighted by molar-refractivity contribution is 0.293. The van der Waals surface area contributed by atoms with Gasteiger partial charge in [0.2, 0.25) is 0 Å². The molecule has 0 aliphatic carbocycles. The average Bonchev–Trinajstić information content (AvgIpc) is 2.71. The van der Waals surface area contributed by atoms with Gasteiger partial charge in [0, 0.05) is 29.0 Å². The molecule has 2 N–H and O–H groups in total. The lowest BCUT2D eigenvalue weighted by atomic mass is 10.2. The number of nitrogens with zero attached hydrogens (tertiary/aromatic N) is 1. The number of aliphatic hydroxyl groups is 1. The monoisotopic (exact) mass is 540 g/mol. The number of hydrogen-bond donors (Lipinski definition) is 2. The molecule has 0 atom stereocenters. The van der Waals surface area contributed by atoms with Crippen LogP contribution in [0.5, 0.6) is 11.5 Å². The lowest BCUT2D eigenvalue weighted by Crippen LogP contribution is -2.20. The van der Waals surface area contributed by atoms with Crippen molar-refractivity contribution < 1.29 is 9.84 Å². The van der Waals surface area contributed by atoms with Crippen LogP contribution in [0.2, 0.25) is 30.1 Å². The van der Waals surface area contributed by atoms with Crippen LogP contribution in [0.1, 0.15) is 5.56 Å². The van der Waals surface area contributed by atoms with Crippen molar-refractivity contribution >= 4 is 69.6 Å². The topological polar surface area (TPSA) is 54.4 Å². The summed E-state index contributed by atoms with van der Waals surface area (Å²) in [6.45, 7) is 1.76. The number of aliphatic hydroxyl groups excluding tert-OH is 1. The van der Waals surface area contributed by atoms with Gasteiger partial charge in [-0.25, -0.2) is 0 Å². The predicted octanol–water partition coefficient (Wildman–Crippen LogP) is 7.61. The summed E-state index contributed by atoms with van der Waals surface area (Å²) in [6, 6.07) is 9.99. The smallest absolute Gasteiger partial charge is 0.164 e. The van der Waals surface area contributed by atoms with Gasteiger partial charge in [0.1, 0.15) is 0 Å². The third-order valence-corrected chi connectivity index (χ3v) is 5.29. The highest BCUT2D eigenvalue weighted by molar-refractivity contribution is 6.41. The minimum Gasteiger partial charge on any atom is -0.451 e. The molecule has 0 bridgehead atoms. The fourth-order valence-corrected chi connectivity index (χ4v) is 4.13. The zero-order chi connectivity index (χ0) is 22.8. The third-order valence-electron chi connectivity index (χ3n) is 3.73. The van der Waals surface area contributed by atoms with Crippen molar-refractivity contribution in [3.8, 4) is 11.5 Å². The zero-order valence-corrected chi connectivity index (χ0v) is 20.6. The van der Waals surface area contributed by atoms with Crippen LogP contribution in [0.3, 0.4) is 0 Å². The van der Waals surface area contributed by atoms with E-state index in [1.807, 2.05) is 18.3 Å². The number of nitrogens with one attached hydrogen (secondary N) is 1. The van der Waals surface area contributed by atoms with Gasteiger partial charge < -0.3 is 15.2 Å². The molecule has 0 saturated heterocycles. The molecular formula is C21H18Cl6N2O2. The fraction of sp³-hybridized carbons (Fsp3) is 0.190. The van der Waals surface area contributed by atoms with Crippen molar-refractivity contribution in [1.29, 1.82) is 0 Å². The highest BCUT2D eigenvalue weighted by atomic mass is 35.5. The Morgan fingerprint density at radius 3 is 1.74 bits per heavy atom. The number of ether oxygens (including phenoxy) is 1. The molecule has 3 aromatic rings. The molecule has 0 amide bonds. The maximum absolute atomic E-state index is 8.49. The van der Waals surface area contributed by atoms with E-state index in [0.29, 0.717) is 16.6 Å². The molecule has 1 heterocycles. The highest BCUT2D eigenvalue weighted by Crippen LogP contribution is 2.44. The minimum absolute atomic E-state index is 0.201. The molecule has 0 unspecified atom stereocenters. The van der Waals surface area contributed by atoms with Gasteiger partial charge in [0.25, 0.3) is 0 Å². The molecule has 0 aliphatic rings. The number of halogens is 6. The van der Waals surface area contributed by atoms with E-state index in [-0.39, 0.29) is 38.2 Å². The van der Waals surface area contributed by atoms with Crippen molar-refractivity contribution in [3.63, 3.8) is 0 Å². The Balaban J connectivity index is 0.000000245. The standard InChI is InChI=1S/C12H4Cl6O.C9H14N2O/c13-5-1-7(15)11(8(16)2-5)19-12-9(17)3-6(14)4-10(12)18;12-7-6-10-5-3-9-2-1-4-11-8-9/h1-4H;1-2,4,8,10,12H,3,5-7H2. The second kappa shape index (κ2) is 13.6. The van der Waals surface area contributed by atoms with Crippen LogP contribution in [0.15, 0.2) is 48.8 Å². The summed E-state index contributed by atoms with van der Waals surface area (Å²) >= 11 is 35.7. The van der Waals surface area contributed by atoms with E-state index in [0.717, 1.165) is 13.0 Å². The predicted molar refractivity (Wildman–Crippen MR) is 131 cm³/mol. The van der Waals surface area contributed by atoms with E-state index < -0.39 is 0 Å². The van der Waals surface area contributed by atoms with Gasteiger partial charge in [-0.1, -0.05) is 75.7 Å². The van der Waals surface area contributed by atoms with Crippen molar-refractivity contribution in [2.75, 3.05) is 19.7 Å². The zero-order valence-electron chi connectivity index (χ0n) is 16.0. The maximum Gasteiger partial charge on any atom is 0.164 e. The maximum atomic E-state index is 8.49. The first kappa shape index (κ1) is 26.3. The van der Waals surface area contributed by atoms with Crippen LogP contribution in [-0.2, 0) is 6.42 Å². The lowest BCUT2D eigenvalue weighted by Gasteiger charge is -2.12. The normalized spacial score (nSPS) is 10.4. The Bertz CT molecular complexity index is 887. The summed E-state index contributed by atoms with van der Waals surface area (Å²) in [4.78, 5) is 4.01. The van der Waals surface area contributed by atoms with Gasteiger partial charge in [0.05, 0.1) is 26.7 Å². The largest absolute Gasteiger partial charge is 0.451 e. The Morgan fingerprint density at radius 2 is 1.32 bits per heavy atom. The number of aromatic nitrogens is 1. The molecule has 1 aromatic heterocycles. The quantitative estimate of drug-likeness (QED) is 0.302. The first-order valence-electron chi connectivity index (χ1n) is 8.99. The summed E-state index contributed by atoms with van der Waals surface area (Å²) in [5.74, 6) is 0.442. The van der Waals surface area contributed by atoms with Gasteiger partial charge in [-0.15, -0.1) is 0 Å². The first-order chi connectivity index (χ1) is 14.8. The van der Waals surface area contributed by atoms with Crippen LogP contribution in [-0.4, -0.2) is 29.8 Å². The Hall–Kier alpha value is -0.950. The summed E-state index contributed by atoms with van der Waals surface area (Å²) < 4.78 is 5.57. The van der Waals surface area contributed by atoms with Crippen LogP contribution in [0, 0.1) is 0 Å². The molecular weight excluding hydrogens is 525 g/mol. The van der Waals surface area contributed by atoms with Gasteiger partial charge in [-0.3, -0.25) is 4.98 Å². The van der Waals surface area contributed by atoms with Crippen LogP contribution in [0.25, 0.3) is 0 Å². The van der Waals surface area contributed by atoms with Gasteiger partial charge >= 0.3 is 0 Å². The SMILES string of the molecule is Clc1cc(Cl)c(Oc2c(Cl)cc(Cl)cc2Cl)c(Cl)c1.OCCNCCc1cccnc1. The van der Waals surface area contributed by atoms with Gasteiger partial charge in [-0.2, -0.15) is 0 Å². The highest BCUT2D eigenvalue weighted by Gasteiger charge is 2.15. The number of hydrogen-bond acceptors (Lipinski definition) is 4. The fourth-order valence-electron chi connectivity index (χ4n) is 2.34. The molecule has 31 heavy (non-hydrogen) atoms. The van der Waals surface area contributed by atoms with E-state index in [4.69, 9.17) is 79.4 Å². The van der Waals surface area contributed by atoms with Crippen LogP contribution >= 0.6 is 69.6 Å². The third kappa shape index (κ3) is 8.83. The van der Waals surface area contributed by atoms with Gasteiger partial charge in [0.15, 0.2) is 11.5 Å². The molecule has 10 heteroatoms. The van der Waals surface area contributed by atoms with E-state index in [9.17, 15) is 0 Å². The van der Waals surface area contributed by atoms with Crippen LogP contribution < -0.4 is 10.1 Å². The van der Waals surface area contributed by atoms with E-state index in [1.54, 1.807) is 6.20 Å². The number of benzene rings is 2. The Kier molecular flexibility index (Phi) is 11.5. The van der Waals surface area contributed by atoms with E-state index in [2.05, 4.69) is 10.3 Å². The molecule has 2 aromatic carbocycles. The summed E-state index contributed by atoms with van der Waals surface area (Å²) in [5, 5.41) is 13.4. The van der Waals surface area contributed by atoms with E-state index >= 15 is 0 Å². The van der Waals surface area contributed by atoms with Crippen molar-refractivity contribution in [2.24, 2.45) is 0 Å². The Morgan fingerprint density at radius 1 is 0.806 bits per heavy atom. The van der Waals surface area contributed by atoms with E-state index in [1.165, 1.54) is 29.8 Å². The summed E-state index contributed by atoms with van der Waals surface area (Å²) in [6.07, 6.45) is 4.60. The Labute approximate surface area is 211 Å². The molecule has 4 nitrogen and oxygen atoms in total. The second-order valence-corrected chi connectivity index (χ2v) is 8.59. The minimum atomic E-state index is 0.201. The molecule has 3 rings (SSSR count). The van der Waals surface area contributed by atoms with Crippen LogP contribution in [0.4, 0.5) is 0 Å². The molecule has 166 valence electrons. The molecule has 0 spiro atoms. The van der Waals surface area contributed by atoms with Crippen molar-refractivity contribution in [3.05, 3.63) is 84.5 Å². The second-order valence-electron chi connectivity index (χ2n) is 6.08. The van der Waals surface area contributed by atoms with Crippen molar-refractivity contribution in [1.82, 2.24) is 10.3 Å². The average molecular weight is 543 g/mol. The molecule has 0 fully saturated rings. The molecule has 0 saturated carbocycles. The van der Waals surface area contributed by atoms with Crippen molar-refractivity contribution in [2.45, 2.75) is 6.42 Å². The summed E-state index contributed by atoms with van der Waals surface area (Å²) in [7, 11) is 0. The van der Waals surface area contributed by atoms with Gasteiger partial charge in [-0.05, 0) is 48.9 Å². The number of pyridine rings is 1. The summed E-state index contributed by atoms with van der Waals surface area (Å²) in [5.41, 5.74) is 1.22. The molecule has 0 aliphatic heterocycles. The first-order valence-corrected chi connectivity index (χ1v) is 11.3. The molecule has 0 radical (unpaired) electrons. The number of rotatable bonds is 7.